The summed E-state index contributed by atoms with van der Waals surface area (Å²) >= 11 is 0. The molecule has 0 aromatic heterocycles. The molecule has 0 aromatic rings. The van der Waals surface area contributed by atoms with Gasteiger partial charge in [-0.05, 0) is 30.6 Å². The van der Waals surface area contributed by atoms with Gasteiger partial charge >= 0.3 is 0 Å². The van der Waals surface area contributed by atoms with E-state index in [4.69, 9.17) is 1.37 Å². The first-order valence-corrected chi connectivity index (χ1v) is 4.16. The first-order chi connectivity index (χ1) is 4.66. The molecule has 0 heterocycles. The molecule has 9 heavy (non-hydrogen) atoms. The molecule has 2 aliphatic rings. The lowest BCUT2D eigenvalue weighted by Crippen LogP contribution is -2.07. The topological polar surface area (TPSA) is 0 Å². The predicted octanol–water partition coefficient (Wildman–Crippen LogP) is 2.98. The second-order valence-electron chi connectivity index (χ2n) is 3.80. The zero-order valence-corrected chi connectivity index (χ0v) is 6.24. The Morgan fingerprint density at radius 1 is 1.33 bits per heavy atom. The monoisotopic (exact) mass is 125 g/mol. The highest BCUT2D eigenvalue weighted by atomic mass is 14.5. The summed E-state index contributed by atoms with van der Waals surface area (Å²) in [5, 5.41) is 0. The van der Waals surface area contributed by atoms with Gasteiger partial charge in [0.05, 0.1) is 0 Å². The smallest absolute Gasteiger partial charge is 0.0306 e. The maximum absolute atomic E-state index is 7.89. The Hall–Kier alpha value is 0. The predicted molar refractivity (Wildman–Crippen MR) is 39.3 cm³/mol. The van der Waals surface area contributed by atoms with Gasteiger partial charge in [-0.1, -0.05) is 26.2 Å². The van der Waals surface area contributed by atoms with Crippen LogP contribution in [0, 0.1) is 11.3 Å². The van der Waals surface area contributed by atoms with Crippen molar-refractivity contribution in [2.75, 3.05) is 0 Å². The van der Waals surface area contributed by atoms with E-state index in [1.807, 2.05) is 0 Å². The zero-order valence-electron chi connectivity index (χ0n) is 7.24. The van der Waals surface area contributed by atoms with Gasteiger partial charge in [-0.2, -0.15) is 0 Å². The average Bonchev–Trinajstić information content (AvgIpc) is 2.36. The highest BCUT2D eigenvalue weighted by molar-refractivity contribution is 5.00. The summed E-state index contributed by atoms with van der Waals surface area (Å²) in [6.07, 6.45) is 8.04. The molecule has 0 heteroatoms. The molecule has 0 bridgehead atoms. The largest absolute Gasteiger partial charge is 0.0620 e. The third kappa shape index (κ3) is 0.798. The minimum atomic E-state index is -0.0343. The molecule has 0 unspecified atom stereocenters. The first kappa shape index (κ1) is 4.76. The molecular weight excluding hydrogens is 108 g/mol. The third-order valence-electron chi connectivity index (χ3n) is 3.19. The molecule has 2 rings (SSSR count). The highest BCUT2D eigenvalue weighted by Crippen LogP contribution is 2.60. The number of rotatable bonds is 0. The minimum absolute atomic E-state index is 0.0343. The summed E-state index contributed by atoms with van der Waals surface area (Å²) in [5.74, 6) is -0.0343. The van der Waals surface area contributed by atoms with Crippen LogP contribution in [0.15, 0.2) is 0 Å². The summed E-state index contributed by atoms with van der Waals surface area (Å²) in [6, 6.07) is 0. The van der Waals surface area contributed by atoms with E-state index >= 15 is 0 Å². The van der Waals surface area contributed by atoms with Gasteiger partial charge in [0.15, 0.2) is 0 Å². The normalized spacial score (nSPS) is 48.8. The number of hydrogen-bond donors (Lipinski definition) is 0. The highest BCUT2D eigenvalue weighted by Gasteiger charge is 2.50. The van der Waals surface area contributed by atoms with Gasteiger partial charge in [0.1, 0.15) is 0 Å². The Balaban J connectivity index is 2.05. The SMILES string of the molecule is [2H][C@]1(C)CC12CCCCC2. The van der Waals surface area contributed by atoms with E-state index in [0.717, 1.165) is 0 Å². The molecule has 0 N–H and O–H groups in total. The fourth-order valence-corrected chi connectivity index (χ4v) is 2.30. The van der Waals surface area contributed by atoms with Crippen molar-refractivity contribution in [2.24, 2.45) is 11.3 Å². The van der Waals surface area contributed by atoms with Gasteiger partial charge in [0.25, 0.3) is 0 Å². The molecule has 1 spiro atoms. The van der Waals surface area contributed by atoms with Gasteiger partial charge in [-0.25, -0.2) is 0 Å². The van der Waals surface area contributed by atoms with Crippen LogP contribution < -0.4 is 0 Å². The molecule has 1 atom stereocenters. The van der Waals surface area contributed by atoms with E-state index < -0.39 is 0 Å². The van der Waals surface area contributed by atoms with Crippen LogP contribution in [0.1, 0.15) is 46.8 Å². The Labute approximate surface area is 59.1 Å². The maximum atomic E-state index is 7.89. The van der Waals surface area contributed by atoms with Crippen molar-refractivity contribution in [3.63, 3.8) is 0 Å². The molecule has 0 amide bonds. The van der Waals surface area contributed by atoms with E-state index in [2.05, 4.69) is 6.92 Å². The first-order valence-electron chi connectivity index (χ1n) is 4.66. The number of hydrogen-bond acceptors (Lipinski definition) is 0. The van der Waals surface area contributed by atoms with Crippen molar-refractivity contribution >= 4 is 0 Å². The second-order valence-corrected chi connectivity index (χ2v) is 3.80. The molecule has 2 saturated carbocycles. The van der Waals surface area contributed by atoms with Gasteiger partial charge in [0, 0.05) is 1.37 Å². The van der Waals surface area contributed by atoms with Crippen LogP contribution in [0.3, 0.4) is 0 Å². The third-order valence-corrected chi connectivity index (χ3v) is 3.19. The van der Waals surface area contributed by atoms with Crippen molar-refractivity contribution in [1.82, 2.24) is 0 Å². The zero-order chi connectivity index (χ0) is 7.24. The fraction of sp³-hybridized carbons (Fsp3) is 1.00. The summed E-state index contributed by atoms with van der Waals surface area (Å²) in [4.78, 5) is 0. The van der Waals surface area contributed by atoms with Crippen LogP contribution in [0.4, 0.5) is 0 Å². The van der Waals surface area contributed by atoms with Crippen molar-refractivity contribution in [3.8, 4) is 0 Å². The van der Waals surface area contributed by atoms with Crippen LogP contribution in [0.25, 0.3) is 0 Å². The van der Waals surface area contributed by atoms with Gasteiger partial charge < -0.3 is 0 Å². The molecule has 0 radical (unpaired) electrons. The van der Waals surface area contributed by atoms with Crippen LogP contribution in [-0.2, 0) is 0 Å². The summed E-state index contributed by atoms with van der Waals surface area (Å²) in [5.41, 5.74) is 0.491. The Bertz CT molecular complexity index is 143. The maximum Gasteiger partial charge on any atom is 0.0306 e. The Morgan fingerprint density at radius 2 is 1.89 bits per heavy atom. The molecule has 0 nitrogen and oxygen atoms in total. The van der Waals surface area contributed by atoms with Gasteiger partial charge in [0.2, 0.25) is 0 Å². The van der Waals surface area contributed by atoms with E-state index in [1.165, 1.54) is 38.5 Å². The summed E-state index contributed by atoms with van der Waals surface area (Å²) < 4.78 is 7.89. The molecule has 52 valence electrons. The standard InChI is InChI=1S/C9H16/c1-8-7-9(8)5-3-2-4-6-9/h8H,2-7H2,1H3/t8-/m0/s1/i8D. The van der Waals surface area contributed by atoms with Crippen LogP contribution in [0.5, 0.6) is 0 Å². The van der Waals surface area contributed by atoms with E-state index in [1.54, 1.807) is 0 Å². The Morgan fingerprint density at radius 3 is 2.22 bits per heavy atom. The quantitative estimate of drug-likeness (QED) is 0.467. The molecule has 2 fully saturated rings. The lowest BCUT2D eigenvalue weighted by Gasteiger charge is -2.21. The second kappa shape index (κ2) is 1.74. The van der Waals surface area contributed by atoms with Crippen molar-refractivity contribution in [3.05, 3.63) is 0 Å². The molecule has 0 saturated heterocycles. The van der Waals surface area contributed by atoms with Gasteiger partial charge in [-0.15, -0.1) is 0 Å². The van der Waals surface area contributed by atoms with Crippen LogP contribution in [-0.4, -0.2) is 0 Å². The molecule has 0 aliphatic heterocycles. The fourth-order valence-electron chi connectivity index (χ4n) is 2.30. The molecule has 0 aromatic carbocycles. The minimum Gasteiger partial charge on any atom is -0.0620 e. The van der Waals surface area contributed by atoms with Crippen molar-refractivity contribution < 1.29 is 1.37 Å². The van der Waals surface area contributed by atoms with Crippen LogP contribution in [0.2, 0.25) is 0 Å². The van der Waals surface area contributed by atoms with E-state index in [9.17, 15) is 0 Å². The van der Waals surface area contributed by atoms with E-state index in [0.29, 0.717) is 5.41 Å². The van der Waals surface area contributed by atoms with Crippen LogP contribution >= 0.6 is 0 Å². The van der Waals surface area contributed by atoms with Crippen molar-refractivity contribution in [2.45, 2.75) is 45.4 Å². The lowest BCUT2D eigenvalue weighted by molar-refractivity contribution is 0.313. The van der Waals surface area contributed by atoms with E-state index in [-0.39, 0.29) is 5.89 Å². The van der Waals surface area contributed by atoms with Crippen molar-refractivity contribution in [1.29, 1.82) is 0 Å². The summed E-state index contributed by atoms with van der Waals surface area (Å²) in [7, 11) is 0. The van der Waals surface area contributed by atoms with Gasteiger partial charge in [-0.3, -0.25) is 0 Å². The average molecular weight is 125 g/mol. The Kier molecular flexibility index (Phi) is 0.922. The lowest BCUT2D eigenvalue weighted by atomic mass is 9.85. The molecular formula is C9H16. The molecule has 2 aliphatic carbocycles. The summed E-state index contributed by atoms with van der Waals surface area (Å²) in [6.45, 7) is 2.11.